The minimum atomic E-state index is -0.0890. The second kappa shape index (κ2) is 5.63. The van der Waals surface area contributed by atoms with Crippen LogP contribution in [0.5, 0.6) is 0 Å². The summed E-state index contributed by atoms with van der Waals surface area (Å²) in [6.07, 6.45) is 0.696. The fourth-order valence-corrected chi connectivity index (χ4v) is 2.53. The standard InChI is InChI=1S/C16H19N5O/c1-9(6-13-7-10(2)20-21-13)17-16(22)12-4-5-14-15(8-12)19-11(3)18-14/h4-5,7-9H,6H2,1-3H3,(H,17,22)(H,18,19)(H,20,21)/t9-/m1/s1. The third kappa shape index (κ3) is 3.00. The number of benzene rings is 1. The van der Waals surface area contributed by atoms with Gasteiger partial charge in [0.15, 0.2) is 0 Å². The van der Waals surface area contributed by atoms with Gasteiger partial charge in [0.05, 0.1) is 16.7 Å². The Morgan fingerprint density at radius 3 is 2.86 bits per heavy atom. The SMILES string of the molecule is Cc1cc(C[C@@H](C)NC(=O)c2ccc3nc(C)[nH]c3c2)n[nH]1. The van der Waals surface area contributed by atoms with E-state index >= 15 is 0 Å². The van der Waals surface area contributed by atoms with Gasteiger partial charge in [0.25, 0.3) is 5.91 Å². The van der Waals surface area contributed by atoms with Crippen LogP contribution in [-0.2, 0) is 6.42 Å². The zero-order valence-corrected chi connectivity index (χ0v) is 12.9. The number of carbonyl (C=O) groups excluding carboxylic acids is 1. The largest absolute Gasteiger partial charge is 0.349 e. The molecule has 3 N–H and O–H groups in total. The summed E-state index contributed by atoms with van der Waals surface area (Å²) in [5, 5.41) is 10.1. The molecular formula is C16H19N5O. The molecule has 1 aromatic carbocycles. The number of amides is 1. The van der Waals surface area contributed by atoms with Gasteiger partial charge < -0.3 is 10.3 Å². The number of aryl methyl sites for hydroxylation is 2. The summed E-state index contributed by atoms with van der Waals surface area (Å²) in [5.74, 6) is 0.753. The minimum absolute atomic E-state index is 0.00870. The first-order chi connectivity index (χ1) is 10.5. The first kappa shape index (κ1) is 14.3. The van der Waals surface area contributed by atoms with Crippen LogP contribution in [0.4, 0.5) is 0 Å². The van der Waals surface area contributed by atoms with Crippen LogP contribution in [0.3, 0.4) is 0 Å². The van der Waals surface area contributed by atoms with E-state index in [1.54, 1.807) is 6.07 Å². The van der Waals surface area contributed by atoms with Crippen molar-refractivity contribution in [3.05, 3.63) is 47.0 Å². The monoisotopic (exact) mass is 297 g/mol. The lowest BCUT2D eigenvalue weighted by Crippen LogP contribution is -2.34. The molecule has 0 unspecified atom stereocenters. The Balaban J connectivity index is 1.69. The summed E-state index contributed by atoms with van der Waals surface area (Å²) in [6, 6.07) is 7.48. The molecule has 1 atom stereocenters. The van der Waals surface area contributed by atoms with Gasteiger partial charge in [-0.2, -0.15) is 5.10 Å². The molecule has 0 saturated heterocycles. The normalized spacial score (nSPS) is 12.5. The molecule has 3 aromatic rings. The highest BCUT2D eigenvalue weighted by Gasteiger charge is 2.12. The lowest BCUT2D eigenvalue weighted by molar-refractivity contribution is 0.0940. The molecule has 0 aliphatic heterocycles. The lowest BCUT2D eigenvalue weighted by atomic mass is 10.1. The maximum atomic E-state index is 12.3. The summed E-state index contributed by atoms with van der Waals surface area (Å²) in [4.78, 5) is 19.8. The third-order valence-corrected chi connectivity index (χ3v) is 3.51. The molecule has 0 spiro atoms. The van der Waals surface area contributed by atoms with E-state index in [9.17, 15) is 4.79 Å². The topological polar surface area (TPSA) is 86.5 Å². The van der Waals surface area contributed by atoms with Crippen molar-refractivity contribution in [1.29, 1.82) is 0 Å². The number of aromatic nitrogens is 4. The molecule has 0 radical (unpaired) electrons. The van der Waals surface area contributed by atoms with Crippen molar-refractivity contribution in [2.75, 3.05) is 0 Å². The first-order valence-electron chi connectivity index (χ1n) is 7.29. The summed E-state index contributed by atoms with van der Waals surface area (Å²) < 4.78 is 0. The van der Waals surface area contributed by atoms with Crippen molar-refractivity contribution in [1.82, 2.24) is 25.5 Å². The highest BCUT2D eigenvalue weighted by Crippen LogP contribution is 2.14. The number of aromatic amines is 2. The molecule has 2 heterocycles. The fraction of sp³-hybridized carbons (Fsp3) is 0.312. The number of hydrogen-bond acceptors (Lipinski definition) is 3. The Labute approximate surface area is 128 Å². The molecule has 0 aliphatic carbocycles. The van der Waals surface area contributed by atoms with Crippen LogP contribution in [0.25, 0.3) is 11.0 Å². The number of rotatable bonds is 4. The molecule has 22 heavy (non-hydrogen) atoms. The van der Waals surface area contributed by atoms with Gasteiger partial charge in [-0.3, -0.25) is 9.89 Å². The summed E-state index contributed by atoms with van der Waals surface area (Å²) in [5.41, 5.74) is 4.34. The van der Waals surface area contributed by atoms with Crippen LogP contribution in [0, 0.1) is 13.8 Å². The molecule has 6 nitrogen and oxygen atoms in total. The number of nitrogens with zero attached hydrogens (tertiary/aromatic N) is 2. The number of nitrogens with one attached hydrogen (secondary N) is 3. The number of carbonyl (C=O) groups is 1. The summed E-state index contributed by atoms with van der Waals surface area (Å²) in [7, 11) is 0. The molecule has 2 aromatic heterocycles. The van der Waals surface area contributed by atoms with Gasteiger partial charge >= 0.3 is 0 Å². The molecule has 0 aliphatic rings. The van der Waals surface area contributed by atoms with Gasteiger partial charge in [0.2, 0.25) is 0 Å². The van der Waals surface area contributed by atoms with E-state index in [0.29, 0.717) is 12.0 Å². The summed E-state index contributed by atoms with van der Waals surface area (Å²) in [6.45, 7) is 5.83. The second-order valence-corrected chi connectivity index (χ2v) is 5.68. The average molecular weight is 297 g/mol. The number of hydrogen-bond donors (Lipinski definition) is 3. The van der Waals surface area contributed by atoms with Crippen molar-refractivity contribution in [2.24, 2.45) is 0 Å². The molecule has 0 fully saturated rings. The van der Waals surface area contributed by atoms with Crippen molar-refractivity contribution in [3.63, 3.8) is 0 Å². The van der Waals surface area contributed by atoms with E-state index in [1.807, 2.05) is 39.0 Å². The molecule has 1 amide bonds. The van der Waals surface area contributed by atoms with Crippen molar-refractivity contribution < 1.29 is 4.79 Å². The van der Waals surface area contributed by atoms with Crippen LogP contribution in [0.1, 0.15) is 34.5 Å². The predicted octanol–water partition coefficient (Wildman–Crippen LogP) is 2.26. The van der Waals surface area contributed by atoms with E-state index < -0.39 is 0 Å². The van der Waals surface area contributed by atoms with Crippen molar-refractivity contribution in [3.8, 4) is 0 Å². The Morgan fingerprint density at radius 1 is 1.32 bits per heavy atom. The highest BCUT2D eigenvalue weighted by molar-refractivity contribution is 5.97. The van der Waals surface area contributed by atoms with E-state index in [2.05, 4.69) is 25.5 Å². The quantitative estimate of drug-likeness (QED) is 0.690. The van der Waals surface area contributed by atoms with E-state index in [-0.39, 0.29) is 11.9 Å². The van der Waals surface area contributed by atoms with Gasteiger partial charge in [-0.05, 0) is 45.0 Å². The second-order valence-electron chi connectivity index (χ2n) is 5.68. The summed E-state index contributed by atoms with van der Waals surface area (Å²) >= 11 is 0. The highest BCUT2D eigenvalue weighted by atomic mass is 16.1. The molecule has 0 bridgehead atoms. The molecule has 114 valence electrons. The Hall–Kier alpha value is -2.63. The fourth-order valence-electron chi connectivity index (χ4n) is 2.53. The van der Waals surface area contributed by atoms with Crippen LogP contribution in [0.2, 0.25) is 0 Å². The van der Waals surface area contributed by atoms with E-state index in [0.717, 1.165) is 28.2 Å². The van der Waals surface area contributed by atoms with Gasteiger partial charge in [-0.1, -0.05) is 0 Å². The maximum Gasteiger partial charge on any atom is 0.251 e. The van der Waals surface area contributed by atoms with Crippen LogP contribution in [0.15, 0.2) is 24.3 Å². The first-order valence-corrected chi connectivity index (χ1v) is 7.29. The van der Waals surface area contributed by atoms with Crippen molar-refractivity contribution >= 4 is 16.9 Å². The molecule has 6 heteroatoms. The number of imidazole rings is 1. The zero-order valence-electron chi connectivity index (χ0n) is 12.9. The van der Waals surface area contributed by atoms with Crippen molar-refractivity contribution in [2.45, 2.75) is 33.2 Å². The Kier molecular flexibility index (Phi) is 3.66. The number of fused-ring (bicyclic) bond motifs is 1. The van der Waals surface area contributed by atoms with Crippen LogP contribution in [-0.4, -0.2) is 32.1 Å². The molecule has 3 rings (SSSR count). The van der Waals surface area contributed by atoms with Crippen LogP contribution >= 0.6 is 0 Å². The van der Waals surface area contributed by atoms with Crippen LogP contribution < -0.4 is 5.32 Å². The maximum absolute atomic E-state index is 12.3. The van der Waals surface area contributed by atoms with Gasteiger partial charge in [-0.15, -0.1) is 0 Å². The Morgan fingerprint density at radius 2 is 2.14 bits per heavy atom. The average Bonchev–Trinajstić information content (AvgIpc) is 3.02. The Bertz CT molecular complexity index is 817. The smallest absolute Gasteiger partial charge is 0.251 e. The molecule has 0 saturated carbocycles. The minimum Gasteiger partial charge on any atom is -0.349 e. The molecular weight excluding hydrogens is 278 g/mol. The third-order valence-electron chi connectivity index (χ3n) is 3.51. The van der Waals surface area contributed by atoms with Gasteiger partial charge in [0, 0.05) is 23.7 Å². The lowest BCUT2D eigenvalue weighted by Gasteiger charge is -2.12. The van der Waals surface area contributed by atoms with Gasteiger partial charge in [0.1, 0.15) is 5.82 Å². The predicted molar refractivity (Wildman–Crippen MR) is 84.8 cm³/mol. The van der Waals surface area contributed by atoms with E-state index in [1.165, 1.54) is 0 Å². The van der Waals surface area contributed by atoms with Gasteiger partial charge in [-0.25, -0.2) is 4.98 Å². The van der Waals surface area contributed by atoms with E-state index in [4.69, 9.17) is 0 Å². The zero-order chi connectivity index (χ0) is 15.7. The number of H-pyrrole nitrogens is 2.